The number of amides is 1. The highest BCUT2D eigenvalue weighted by Gasteiger charge is 2.29. The maximum atomic E-state index is 12.2. The van der Waals surface area contributed by atoms with Crippen LogP contribution in [0.2, 0.25) is 18.1 Å². The second-order valence-electron chi connectivity index (χ2n) is 7.42. The lowest BCUT2D eigenvalue weighted by Gasteiger charge is -2.32. The first kappa shape index (κ1) is 21.5. The predicted molar refractivity (Wildman–Crippen MR) is 112 cm³/mol. The van der Waals surface area contributed by atoms with E-state index >= 15 is 0 Å². The highest BCUT2D eigenvalue weighted by molar-refractivity contribution is 6.87. The normalized spacial score (nSPS) is 16.4. The van der Waals surface area contributed by atoms with Gasteiger partial charge in [-0.25, -0.2) is 4.79 Å². The number of carbonyl (C=O) groups excluding carboxylic acids is 1. The van der Waals surface area contributed by atoms with Gasteiger partial charge in [-0.3, -0.25) is 0 Å². The van der Waals surface area contributed by atoms with Crippen LogP contribution in [0, 0.1) is 17.4 Å². The number of nitrogens with zero attached hydrogens (tertiary/aromatic N) is 1. The molecule has 1 amide bonds. The van der Waals surface area contributed by atoms with Crippen LogP contribution < -0.4 is 0 Å². The molecule has 27 heavy (non-hydrogen) atoms. The van der Waals surface area contributed by atoms with E-state index in [0.717, 1.165) is 36.5 Å². The Balaban J connectivity index is 1.81. The summed E-state index contributed by atoms with van der Waals surface area (Å²) in [6, 6.07) is 13.1. The summed E-state index contributed by atoms with van der Waals surface area (Å²) in [5.41, 5.74) is 4.47. The quantitative estimate of drug-likeness (QED) is 0.580. The van der Waals surface area contributed by atoms with Crippen LogP contribution in [0.25, 0.3) is 0 Å². The van der Waals surface area contributed by atoms with E-state index in [4.69, 9.17) is 4.74 Å². The van der Waals surface area contributed by atoms with Crippen LogP contribution in [0.15, 0.2) is 30.3 Å². The van der Waals surface area contributed by atoms with Crippen molar-refractivity contribution in [2.45, 2.75) is 64.5 Å². The Kier molecular flexibility index (Phi) is 8.40. The molecular weight excluding hydrogens is 354 g/mol. The van der Waals surface area contributed by atoms with Crippen molar-refractivity contribution in [3.63, 3.8) is 0 Å². The molecule has 0 unspecified atom stereocenters. The summed E-state index contributed by atoms with van der Waals surface area (Å²) in [7, 11) is -1.52. The first-order valence-electron chi connectivity index (χ1n) is 10.2. The molecule has 5 heteroatoms. The molecule has 148 valence electrons. The smallest absolute Gasteiger partial charge is 0.410 e. The number of hydrogen-bond donors (Lipinski definition) is 1. The molecule has 1 aromatic rings. The third-order valence-electron chi connectivity index (χ3n) is 5.97. The number of likely N-dealkylation sites (tertiary alicyclic amines) is 1. The highest BCUT2D eigenvalue weighted by atomic mass is 28.3. The van der Waals surface area contributed by atoms with Gasteiger partial charge in [0.1, 0.15) is 20.8 Å². The second kappa shape index (κ2) is 10.5. The zero-order chi connectivity index (χ0) is 19.7. The van der Waals surface area contributed by atoms with E-state index in [1.54, 1.807) is 4.90 Å². The van der Waals surface area contributed by atoms with E-state index in [2.05, 4.69) is 32.2 Å². The molecule has 0 spiro atoms. The molecule has 1 heterocycles. The third-order valence-corrected chi connectivity index (χ3v) is 10.7. The van der Waals surface area contributed by atoms with Crippen LogP contribution in [-0.4, -0.2) is 43.4 Å². The van der Waals surface area contributed by atoms with E-state index in [9.17, 15) is 9.90 Å². The average molecular weight is 388 g/mol. The van der Waals surface area contributed by atoms with Crippen LogP contribution in [0.3, 0.4) is 0 Å². The van der Waals surface area contributed by atoms with Crippen LogP contribution in [0.1, 0.15) is 39.2 Å². The Morgan fingerprint density at radius 1 is 1.19 bits per heavy atom. The van der Waals surface area contributed by atoms with Crippen molar-refractivity contribution in [3.8, 4) is 11.5 Å². The monoisotopic (exact) mass is 387 g/mol. The molecule has 1 fully saturated rings. The minimum absolute atomic E-state index is 0.146. The number of aliphatic hydroxyl groups is 1. The summed E-state index contributed by atoms with van der Waals surface area (Å²) in [6.45, 7) is 8.20. The van der Waals surface area contributed by atoms with Gasteiger partial charge < -0.3 is 14.7 Å². The Morgan fingerprint density at radius 2 is 1.78 bits per heavy atom. The molecule has 1 aliphatic heterocycles. The Labute approximate surface area is 164 Å². The van der Waals surface area contributed by atoms with Gasteiger partial charge in [-0.05, 0) is 42.5 Å². The number of benzene rings is 1. The fraction of sp³-hybridized carbons (Fsp3) is 0.591. The lowest BCUT2D eigenvalue weighted by molar-refractivity contribution is 0.0632. The SMILES string of the molecule is CC[Si](C#C[C@H](O)C1CCN(C(=O)OCc2ccccc2)CC1)(CC)CC. The molecule has 1 aromatic carbocycles. The number of rotatable bonds is 6. The van der Waals surface area contributed by atoms with Crippen molar-refractivity contribution < 1.29 is 14.6 Å². The van der Waals surface area contributed by atoms with Gasteiger partial charge in [0.05, 0.1) is 0 Å². The average Bonchev–Trinajstić information content (AvgIpc) is 2.74. The van der Waals surface area contributed by atoms with Crippen molar-refractivity contribution in [3.05, 3.63) is 35.9 Å². The number of hydrogen-bond acceptors (Lipinski definition) is 3. The first-order valence-corrected chi connectivity index (χ1v) is 12.8. The first-order chi connectivity index (χ1) is 13.0. The standard InChI is InChI=1S/C22H33NO3Si/c1-4-27(5-2,6-3)17-14-21(24)20-12-15-23(16-13-20)22(25)26-18-19-10-8-7-9-11-19/h7-11,20-21,24H,4-6,12-13,15-16,18H2,1-3H3/t21-/m0/s1. The topological polar surface area (TPSA) is 49.8 Å². The lowest BCUT2D eigenvalue weighted by atomic mass is 9.92. The van der Waals surface area contributed by atoms with Gasteiger partial charge in [-0.1, -0.05) is 57.0 Å². The summed E-state index contributed by atoms with van der Waals surface area (Å²) in [5.74, 6) is 3.32. The maximum Gasteiger partial charge on any atom is 0.410 e. The van der Waals surface area contributed by atoms with Gasteiger partial charge in [-0.15, -0.1) is 5.54 Å². The molecule has 1 aliphatic rings. The number of piperidine rings is 1. The molecule has 1 atom stereocenters. The van der Waals surface area contributed by atoms with E-state index in [1.165, 1.54) is 0 Å². The predicted octanol–water partition coefficient (Wildman–Crippen LogP) is 4.45. The number of ether oxygens (including phenoxy) is 1. The van der Waals surface area contributed by atoms with Gasteiger partial charge in [0.2, 0.25) is 0 Å². The molecule has 0 aromatic heterocycles. The molecule has 2 rings (SSSR count). The minimum Gasteiger partial charge on any atom is -0.445 e. The molecule has 0 bridgehead atoms. The van der Waals surface area contributed by atoms with Crippen molar-refractivity contribution in [1.29, 1.82) is 0 Å². The highest BCUT2D eigenvalue weighted by Crippen LogP contribution is 2.23. The number of aliphatic hydroxyl groups excluding tert-OH is 1. The lowest BCUT2D eigenvalue weighted by Crippen LogP contribution is -2.41. The molecule has 4 nitrogen and oxygen atoms in total. The van der Waals surface area contributed by atoms with Crippen molar-refractivity contribution in [1.82, 2.24) is 4.90 Å². The van der Waals surface area contributed by atoms with Gasteiger partial charge in [-0.2, -0.15) is 0 Å². The van der Waals surface area contributed by atoms with Crippen LogP contribution in [0.5, 0.6) is 0 Å². The van der Waals surface area contributed by atoms with Crippen LogP contribution in [0.4, 0.5) is 4.79 Å². The maximum absolute atomic E-state index is 12.2. The molecule has 0 saturated carbocycles. The Morgan fingerprint density at radius 3 is 2.33 bits per heavy atom. The van der Waals surface area contributed by atoms with Gasteiger partial charge in [0.25, 0.3) is 0 Å². The Hall–Kier alpha value is -1.77. The van der Waals surface area contributed by atoms with Crippen molar-refractivity contribution in [2.24, 2.45) is 5.92 Å². The van der Waals surface area contributed by atoms with E-state index in [-0.39, 0.29) is 12.0 Å². The van der Waals surface area contributed by atoms with Gasteiger partial charge >= 0.3 is 6.09 Å². The van der Waals surface area contributed by atoms with Crippen molar-refractivity contribution >= 4 is 14.2 Å². The van der Waals surface area contributed by atoms with Crippen LogP contribution in [-0.2, 0) is 11.3 Å². The van der Waals surface area contributed by atoms with Crippen LogP contribution >= 0.6 is 0 Å². The molecular formula is C22H33NO3Si. The fourth-order valence-electron chi connectivity index (χ4n) is 3.57. The van der Waals surface area contributed by atoms with Crippen molar-refractivity contribution in [2.75, 3.05) is 13.1 Å². The molecule has 0 aliphatic carbocycles. The van der Waals surface area contributed by atoms with E-state index in [0.29, 0.717) is 19.7 Å². The van der Waals surface area contributed by atoms with Gasteiger partial charge in [0, 0.05) is 13.1 Å². The summed E-state index contributed by atoms with van der Waals surface area (Å²) in [4.78, 5) is 14.0. The van der Waals surface area contributed by atoms with Gasteiger partial charge in [0.15, 0.2) is 0 Å². The summed E-state index contributed by atoms with van der Waals surface area (Å²) < 4.78 is 5.40. The zero-order valence-electron chi connectivity index (χ0n) is 16.9. The third kappa shape index (κ3) is 6.12. The summed E-state index contributed by atoms with van der Waals surface area (Å²) in [5, 5.41) is 10.5. The zero-order valence-corrected chi connectivity index (χ0v) is 17.9. The second-order valence-corrected chi connectivity index (χ2v) is 12.4. The minimum atomic E-state index is -1.52. The van der Waals surface area contributed by atoms with E-state index in [1.807, 2.05) is 30.3 Å². The molecule has 1 saturated heterocycles. The Bertz CT molecular complexity index is 632. The number of carbonyl (C=O) groups is 1. The molecule has 1 N–H and O–H groups in total. The van der Waals surface area contributed by atoms with E-state index < -0.39 is 14.2 Å². The largest absolute Gasteiger partial charge is 0.445 e. The summed E-state index contributed by atoms with van der Waals surface area (Å²) >= 11 is 0. The molecule has 0 radical (unpaired) electrons. The fourth-order valence-corrected chi connectivity index (χ4v) is 6.05. The summed E-state index contributed by atoms with van der Waals surface area (Å²) in [6.07, 6.45) is 0.695.